The summed E-state index contributed by atoms with van der Waals surface area (Å²) in [6.45, 7) is 6.48. The summed E-state index contributed by atoms with van der Waals surface area (Å²) < 4.78 is 1.02. The molecule has 0 aliphatic heterocycles. The summed E-state index contributed by atoms with van der Waals surface area (Å²) in [6.07, 6.45) is 0.0197. The van der Waals surface area contributed by atoms with Gasteiger partial charge in [-0.1, -0.05) is 87.6 Å². The Balaban J connectivity index is -0.0000000934. The van der Waals surface area contributed by atoms with Crippen LogP contribution in [0.4, 0.5) is 0 Å². The molecule has 0 fully saturated rings. The van der Waals surface area contributed by atoms with Crippen molar-refractivity contribution in [1.29, 1.82) is 0 Å². The number of likely N-dealkylation sites (N-methyl/N-ethyl adjacent to an activating group) is 2. The Bertz CT molecular complexity index is 609. The van der Waals surface area contributed by atoms with Crippen LogP contribution in [-0.4, -0.2) is 93.0 Å². The molecule has 0 aromatic carbocycles. The molecule has 4 N–H and O–H groups in total. The first-order chi connectivity index (χ1) is 13.4. The van der Waals surface area contributed by atoms with Crippen molar-refractivity contribution >= 4 is 17.8 Å². The first-order valence-corrected chi connectivity index (χ1v) is 10.5. The largest absolute Gasteiger partial charge is 1.00 e. The Hall–Kier alpha value is -0.710. The van der Waals surface area contributed by atoms with E-state index in [1.165, 1.54) is 0 Å². The Morgan fingerprint density at radius 1 is 0.850 bits per heavy atom. The predicted octanol–water partition coefficient (Wildman–Crippen LogP) is 1.62. The van der Waals surface area contributed by atoms with Crippen LogP contribution in [0.1, 0.15) is 107 Å². The molecule has 2 amide bonds. The maximum absolute atomic E-state index is 12.8. The van der Waals surface area contributed by atoms with Gasteiger partial charge >= 0.3 is 29.6 Å². The monoisotopic (exact) mass is 599 g/mol. The maximum Gasteiger partial charge on any atom is 1.00 e. The number of primary amides is 1. The van der Waals surface area contributed by atoms with Crippen LogP contribution in [0.15, 0.2) is 0 Å². The molecule has 0 bridgehead atoms. The minimum absolute atomic E-state index is 0. The maximum atomic E-state index is 12.8. The van der Waals surface area contributed by atoms with Gasteiger partial charge < -0.3 is 35.0 Å². The number of rotatable bonds is 14. The number of aliphatic hydroxyl groups is 1. The first-order valence-electron chi connectivity index (χ1n) is 10.5. The van der Waals surface area contributed by atoms with E-state index >= 15 is 0 Å². The average Bonchev–Trinajstić information content (AvgIpc) is 2.53. The summed E-state index contributed by atoms with van der Waals surface area (Å²) in [4.78, 5) is 35.9. The van der Waals surface area contributed by atoms with Gasteiger partial charge in [-0.25, -0.2) is 0 Å². The number of nitrogens with one attached hydrogen (secondary N) is 1. The van der Waals surface area contributed by atoms with Crippen molar-refractivity contribution in [3.63, 3.8) is 0 Å². The fraction of sp³-hybridized carbons (Fsp3) is 0.900. The number of amides is 2. The van der Waals surface area contributed by atoms with Crippen LogP contribution in [-0.2, 0) is 14.4 Å². The van der Waals surface area contributed by atoms with Crippen molar-refractivity contribution in [3.8, 4) is 0 Å². The average molecular weight is 599 g/mol. The van der Waals surface area contributed by atoms with Crippen LogP contribution in [0, 0.1) is 17.3 Å². The van der Waals surface area contributed by atoms with Crippen molar-refractivity contribution < 1.29 is 63.1 Å². The van der Waals surface area contributed by atoms with Crippen LogP contribution in [0.25, 0.3) is 0 Å². The summed E-state index contributed by atoms with van der Waals surface area (Å²) in [6, 6.07) is 0. The number of aliphatic hydroxyl groups excluding tert-OH is 1. The van der Waals surface area contributed by atoms with Crippen molar-refractivity contribution in [2.24, 2.45) is 23.0 Å². The molecule has 248 valence electrons. The van der Waals surface area contributed by atoms with Crippen LogP contribution in [0.2, 0.25) is 0 Å². The molecule has 0 radical (unpaired) electrons. The van der Waals surface area contributed by atoms with Gasteiger partial charge in [0.15, 0.2) is 12.8 Å². The van der Waals surface area contributed by atoms with Gasteiger partial charge in [-0.05, 0) is 19.3 Å². The first kappa shape index (κ1) is 72.0. The quantitative estimate of drug-likeness (QED) is 0.159. The number of hydrogen-bond acceptors (Lipinski definition) is 5. The van der Waals surface area contributed by atoms with Gasteiger partial charge in [0, 0.05) is 23.2 Å². The van der Waals surface area contributed by atoms with Crippen LogP contribution < -0.4 is 45.7 Å². The Kier molecular flexibility index (Phi) is 53.6. The smallest absolute Gasteiger partial charge is 0.550 e. The molecule has 10 heteroatoms. The Morgan fingerprint density at radius 2 is 1.25 bits per heavy atom. The zero-order valence-electron chi connectivity index (χ0n) is 21.0. The van der Waals surface area contributed by atoms with Crippen LogP contribution in [0.3, 0.4) is 0 Å². The molecular weight excluding hydrogens is 519 g/mol. The molecule has 0 aliphatic carbocycles. The topological polar surface area (TPSA) is 133 Å². The number of carboxylic acid groups (broad SMARTS) is 1. The molecule has 40 heavy (non-hydrogen) atoms. The van der Waals surface area contributed by atoms with E-state index in [1.54, 1.807) is 20.8 Å². The van der Waals surface area contributed by atoms with Crippen molar-refractivity contribution in [3.05, 3.63) is 0 Å². The van der Waals surface area contributed by atoms with E-state index < -0.39 is 35.2 Å². The molecule has 0 saturated carbocycles. The van der Waals surface area contributed by atoms with Gasteiger partial charge in [-0.3, -0.25) is 9.59 Å². The van der Waals surface area contributed by atoms with E-state index in [0.29, 0.717) is 35.1 Å². The number of carbonyl (C=O) groups excluding carboxylic acids is 3. The van der Waals surface area contributed by atoms with Crippen LogP contribution in [0.5, 0.6) is 0 Å². The molecule has 0 saturated heterocycles. The third-order valence-electron chi connectivity index (χ3n) is 5.30. The molecule has 3 unspecified atom stereocenters. The number of carbonyl (C=O) groups is 3. The van der Waals surface area contributed by atoms with E-state index in [2.05, 4.69) is 5.32 Å². The van der Waals surface area contributed by atoms with Crippen molar-refractivity contribution in [2.75, 3.05) is 55.0 Å². The number of nitrogens with two attached hydrogens (primary N) is 1. The van der Waals surface area contributed by atoms with Crippen LogP contribution >= 0.6 is 0 Å². The molecule has 0 aliphatic rings. The number of aliphatic carboxylic acids is 1. The summed E-state index contributed by atoms with van der Waals surface area (Å²) >= 11 is 0. The number of nitrogens with zero attached hydrogens (tertiary/aromatic N) is 2. The minimum Gasteiger partial charge on any atom is -0.550 e. The SMILES string of the molecule is C.C.C.C.C.C.C.C.C.CCC(CC(CC(C)(C)C(=O)NC[N+](C)(C)CC(O)C[N+](C)(C)C)C(=O)[O-])C(N)=O.[Na+]. The zero-order chi connectivity index (χ0) is 23.9. The molecule has 0 aromatic heterocycles. The third-order valence-corrected chi connectivity index (χ3v) is 5.30. The molecule has 0 spiro atoms. The van der Waals surface area contributed by atoms with E-state index in [4.69, 9.17) is 5.73 Å². The molecule has 0 rings (SSSR count). The predicted molar refractivity (Wildman–Crippen MR) is 174 cm³/mol. The van der Waals surface area contributed by atoms with Gasteiger partial charge in [-0.2, -0.15) is 0 Å². The Labute approximate surface area is 276 Å². The van der Waals surface area contributed by atoms with Gasteiger partial charge in [-0.15, -0.1) is 0 Å². The summed E-state index contributed by atoms with van der Waals surface area (Å²) in [5.74, 6) is -3.62. The molecule has 9 nitrogen and oxygen atoms in total. The standard InChI is InChI=1S/C21H42N4O5.9CH4.Na/c1-9-15(18(22)27)10-16(19(28)29)11-21(2,3)20(30)23-14-25(7,8)13-17(26)12-24(4,5)6;;;;;;;;;;/h15-17,26H,9-14H2,1-8H3,(H2-2,22,23,27,28,29,30);9*1H4;/q;;;;;;;;;;+1/p+1. The Morgan fingerprint density at radius 3 is 1.55 bits per heavy atom. The fourth-order valence-electron chi connectivity index (χ4n) is 3.65. The van der Waals surface area contributed by atoms with E-state index in [1.807, 2.05) is 35.2 Å². The molecule has 3 atom stereocenters. The zero-order valence-corrected chi connectivity index (χ0v) is 23.0. The summed E-state index contributed by atoms with van der Waals surface area (Å²) in [7, 11) is 9.83. The molecule has 0 heterocycles. The van der Waals surface area contributed by atoms with Gasteiger partial charge in [0.25, 0.3) is 0 Å². The second-order valence-corrected chi connectivity index (χ2v) is 10.8. The fourth-order valence-corrected chi connectivity index (χ4v) is 3.65. The second-order valence-electron chi connectivity index (χ2n) is 10.8. The van der Waals surface area contributed by atoms with Crippen molar-refractivity contribution in [2.45, 2.75) is 113 Å². The number of quaternary nitrogens is 2. The molecule has 0 aromatic rings. The minimum atomic E-state index is -1.28. The van der Waals surface area contributed by atoms with Gasteiger partial charge in [0.1, 0.15) is 13.1 Å². The van der Waals surface area contributed by atoms with Crippen molar-refractivity contribution in [1.82, 2.24) is 5.32 Å². The van der Waals surface area contributed by atoms with Gasteiger partial charge in [0.2, 0.25) is 11.8 Å². The van der Waals surface area contributed by atoms with E-state index in [0.717, 1.165) is 0 Å². The van der Waals surface area contributed by atoms with E-state index in [-0.39, 0.29) is 115 Å². The number of hydrogen-bond donors (Lipinski definition) is 3. The van der Waals surface area contributed by atoms with Gasteiger partial charge in [0.05, 0.1) is 35.2 Å². The second kappa shape index (κ2) is 29.8. The molecular formula is C30H79N4NaO5+2. The summed E-state index contributed by atoms with van der Waals surface area (Å²) in [5, 5.41) is 24.8. The van der Waals surface area contributed by atoms with E-state index in [9.17, 15) is 24.6 Å². The number of carboxylic acids is 1. The third kappa shape index (κ3) is 30.3. The normalized spacial score (nSPS) is 11.9. The summed E-state index contributed by atoms with van der Waals surface area (Å²) in [5.41, 5.74) is 4.37.